The van der Waals surface area contributed by atoms with Gasteiger partial charge in [0.05, 0.1) is 0 Å². The van der Waals surface area contributed by atoms with Crippen molar-refractivity contribution < 1.29 is 0 Å². The molecule has 0 unspecified atom stereocenters. The molecule has 1 aromatic carbocycles. The highest BCUT2D eigenvalue weighted by molar-refractivity contribution is 9.10. The van der Waals surface area contributed by atoms with Crippen LogP contribution < -0.4 is 0 Å². The zero-order valence-electron chi connectivity index (χ0n) is 7.47. The highest BCUT2D eigenvalue weighted by Gasteiger charge is 1.89. The fourth-order valence-electron chi connectivity index (χ4n) is 0.942. The van der Waals surface area contributed by atoms with Crippen LogP contribution in [0.5, 0.6) is 0 Å². The van der Waals surface area contributed by atoms with Crippen molar-refractivity contribution in [1.82, 2.24) is 0 Å². The SMILES string of the molecule is CC(C)=CCc1ccc(Br)cc1. The number of hydrogen-bond acceptors (Lipinski definition) is 0. The van der Waals surface area contributed by atoms with Crippen LogP contribution in [-0.4, -0.2) is 0 Å². The van der Waals surface area contributed by atoms with E-state index in [1.54, 1.807) is 0 Å². The van der Waals surface area contributed by atoms with E-state index in [-0.39, 0.29) is 0 Å². The van der Waals surface area contributed by atoms with Crippen molar-refractivity contribution >= 4 is 15.9 Å². The molecule has 0 saturated heterocycles. The van der Waals surface area contributed by atoms with Crippen molar-refractivity contribution in [3.8, 4) is 0 Å². The first kappa shape index (κ1) is 9.53. The Balaban J connectivity index is 2.65. The fourth-order valence-corrected chi connectivity index (χ4v) is 1.21. The third kappa shape index (κ3) is 3.22. The molecule has 0 radical (unpaired) electrons. The zero-order chi connectivity index (χ0) is 8.97. The highest BCUT2D eigenvalue weighted by Crippen LogP contribution is 2.11. The summed E-state index contributed by atoms with van der Waals surface area (Å²) in [6, 6.07) is 8.44. The van der Waals surface area contributed by atoms with Crippen molar-refractivity contribution in [3.05, 3.63) is 46.0 Å². The molecule has 0 amide bonds. The van der Waals surface area contributed by atoms with Crippen LogP contribution in [0.4, 0.5) is 0 Å². The second-order valence-electron chi connectivity index (χ2n) is 3.11. The van der Waals surface area contributed by atoms with Crippen LogP contribution in [0.3, 0.4) is 0 Å². The van der Waals surface area contributed by atoms with E-state index in [0.29, 0.717) is 0 Å². The van der Waals surface area contributed by atoms with Crippen LogP contribution in [0, 0.1) is 0 Å². The maximum atomic E-state index is 3.41. The molecule has 0 nitrogen and oxygen atoms in total. The lowest BCUT2D eigenvalue weighted by Gasteiger charge is -1.96. The Morgan fingerprint density at radius 2 is 1.83 bits per heavy atom. The lowest BCUT2D eigenvalue weighted by atomic mass is 10.1. The van der Waals surface area contributed by atoms with Gasteiger partial charge in [-0.15, -0.1) is 0 Å². The standard InChI is InChI=1S/C11H13Br/c1-9(2)3-4-10-5-7-11(12)8-6-10/h3,5-8H,4H2,1-2H3. The molecular formula is C11H13Br. The first-order valence-electron chi connectivity index (χ1n) is 4.06. The van der Waals surface area contributed by atoms with Gasteiger partial charge in [-0.05, 0) is 38.0 Å². The third-order valence-corrected chi connectivity index (χ3v) is 2.19. The van der Waals surface area contributed by atoms with Gasteiger partial charge in [0.25, 0.3) is 0 Å². The molecule has 0 heterocycles. The van der Waals surface area contributed by atoms with Crippen molar-refractivity contribution in [1.29, 1.82) is 0 Å². The Hall–Kier alpha value is -0.560. The summed E-state index contributed by atoms with van der Waals surface area (Å²) in [5.41, 5.74) is 2.73. The van der Waals surface area contributed by atoms with Crippen LogP contribution in [0.2, 0.25) is 0 Å². The molecule has 64 valence electrons. The maximum Gasteiger partial charge on any atom is 0.0175 e. The van der Waals surface area contributed by atoms with E-state index in [1.807, 2.05) is 0 Å². The minimum atomic E-state index is 1.04. The molecule has 12 heavy (non-hydrogen) atoms. The second kappa shape index (κ2) is 4.46. The lowest BCUT2D eigenvalue weighted by molar-refractivity contribution is 1.21. The molecule has 0 N–H and O–H groups in total. The van der Waals surface area contributed by atoms with Gasteiger partial charge in [-0.1, -0.05) is 39.7 Å². The molecule has 0 saturated carbocycles. The molecule has 0 atom stereocenters. The minimum Gasteiger partial charge on any atom is -0.0815 e. The highest BCUT2D eigenvalue weighted by atomic mass is 79.9. The molecule has 0 aliphatic rings. The Morgan fingerprint density at radius 3 is 2.33 bits per heavy atom. The van der Waals surface area contributed by atoms with E-state index < -0.39 is 0 Å². The maximum absolute atomic E-state index is 3.41. The topological polar surface area (TPSA) is 0 Å². The first-order valence-corrected chi connectivity index (χ1v) is 4.85. The van der Waals surface area contributed by atoms with Crippen LogP contribution in [-0.2, 0) is 6.42 Å². The van der Waals surface area contributed by atoms with Gasteiger partial charge in [0.1, 0.15) is 0 Å². The number of hydrogen-bond donors (Lipinski definition) is 0. The molecular weight excluding hydrogens is 212 g/mol. The Kier molecular flexibility index (Phi) is 3.54. The van der Waals surface area contributed by atoms with Gasteiger partial charge in [0.15, 0.2) is 0 Å². The first-order chi connectivity index (χ1) is 5.68. The Labute approximate surface area is 82.4 Å². The second-order valence-corrected chi connectivity index (χ2v) is 4.03. The third-order valence-electron chi connectivity index (χ3n) is 1.66. The largest absolute Gasteiger partial charge is 0.0815 e. The smallest absolute Gasteiger partial charge is 0.0175 e. The molecule has 1 rings (SSSR count). The van der Waals surface area contributed by atoms with Crippen LogP contribution in [0.1, 0.15) is 19.4 Å². The average molecular weight is 225 g/mol. The monoisotopic (exact) mass is 224 g/mol. The molecule has 0 bridgehead atoms. The van der Waals surface area contributed by atoms with Gasteiger partial charge >= 0.3 is 0 Å². The normalized spacial score (nSPS) is 9.58. The van der Waals surface area contributed by atoms with Gasteiger partial charge in [0, 0.05) is 4.47 Å². The van der Waals surface area contributed by atoms with Gasteiger partial charge in [-0.2, -0.15) is 0 Å². The van der Waals surface area contributed by atoms with E-state index in [2.05, 4.69) is 60.1 Å². The van der Waals surface area contributed by atoms with E-state index in [9.17, 15) is 0 Å². The van der Waals surface area contributed by atoms with Gasteiger partial charge in [-0.3, -0.25) is 0 Å². The molecule has 0 aromatic heterocycles. The molecule has 0 aliphatic heterocycles. The summed E-state index contributed by atoms with van der Waals surface area (Å²) in [5.74, 6) is 0. The molecule has 1 aromatic rings. The Morgan fingerprint density at radius 1 is 1.25 bits per heavy atom. The van der Waals surface area contributed by atoms with Gasteiger partial charge < -0.3 is 0 Å². The zero-order valence-corrected chi connectivity index (χ0v) is 9.06. The minimum absolute atomic E-state index is 1.04. The number of benzene rings is 1. The number of halogens is 1. The van der Waals surface area contributed by atoms with E-state index in [1.165, 1.54) is 11.1 Å². The van der Waals surface area contributed by atoms with E-state index in [4.69, 9.17) is 0 Å². The van der Waals surface area contributed by atoms with Crippen molar-refractivity contribution in [2.45, 2.75) is 20.3 Å². The van der Waals surface area contributed by atoms with Crippen molar-refractivity contribution in [3.63, 3.8) is 0 Å². The van der Waals surface area contributed by atoms with Crippen LogP contribution in [0.15, 0.2) is 40.4 Å². The summed E-state index contributed by atoms with van der Waals surface area (Å²) in [7, 11) is 0. The summed E-state index contributed by atoms with van der Waals surface area (Å²) in [4.78, 5) is 0. The Bertz CT molecular complexity index is 266. The summed E-state index contributed by atoms with van der Waals surface area (Å²) in [6.07, 6.45) is 3.28. The van der Waals surface area contributed by atoms with Gasteiger partial charge in [0.2, 0.25) is 0 Å². The van der Waals surface area contributed by atoms with E-state index >= 15 is 0 Å². The lowest BCUT2D eigenvalue weighted by Crippen LogP contribution is -1.80. The molecule has 1 heteroatoms. The summed E-state index contributed by atoms with van der Waals surface area (Å²) in [6.45, 7) is 4.25. The summed E-state index contributed by atoms with van der Waals surface area (Å²) >= 11 is 3.41. The predicted octanol–water partition coefficient (Wildman–Crippen LogP) is 3.96. The van der Waals surface area contributed by atoms with Crippen LogP contribution in [0.25, 0.3) is 0 Å². The fraction of sp³-hybridized carbons (Fsp3) is 0.273. The average Bonchev–Trinajstić information content (AvgIpc) is 2.03. The quantitative estimate of drug-likeness (QED) is 0.668. The van der Waals surface area contributed by atoms with Crippen molar-refractivity contribution in [2.75, 3.05) is 0 Å². The van der Waals surface area contributed by atoms with E-state index in [0.717, 1.165) is 10.9 Å². The predicted molar refractivity (Wildman–Crippen MR) is 57.3 cm³/mol. The molecule has 0 fully saturated rings. The van der Waals surface area contributed by atoms with Crippen LogP contribution >= 0.6 is 15.9 Å². The number of rotatable bonds is 2. The molecule has 0 spiro atoms. The molecule has 0 aliphatic carbocycles. The number of allylic oxidation sites excluding steroid dienone is 2. The summed E-state index contributed by atoms with van der Waals surface area (Å²) < 4.78 is 1.14. The van der Waals surface area contributed by atoms with Gasteiger partial charge in [-0.25, -0.2) is 0 Å². The van der Waals surface area contributed by atoms with Crippen molar-refractivity contribution in [2.24, 2.45) is 0 Å². The summed E-state index contributed by atoms with van der Waals surface area (Å²) in [5, 5.41) is 0.